The molecule has 0 amide bonds. The second-order valence-electron chi connectivity index (χ2n) is 4.83. The number of ketones is 1. The molecule has 0 bridgehead atoms. The van der Waals surface area contributed by atoms with Gasteiger partial charge >= 0.3 is 0 Å². The topological polar surface area (TPSA) is 74.4 Å². The summed E-state index contributed by atoms with van der Waals surface area (Å²) in [7, 11) is 1.51. The van der Waals surface area contributed by atoms with E-state index < -0.39 is 0 Å². The van der Waals surface area contributed by atoms with Crippen molar-refractivity contribution in [3.63, 3.8) is 0 Å². The zero-order valence-electron chi connectivity index (χ0n) is 12.3. The summed E-state index contributed by atoms with van der Waals surface area (Å²) in [4.78, 5) is 16.6. The van der Waals surface area contributed by atoms with Crippen LogP contribution in [0.15, 0.2) is 36.7 Å². The summed E-state index contributed by atoms with van der Waals surface area (Å²) < 4.78 is 10.7. The highest BCUT2D eigenvalue weighted by atomic mass is 16.5. The number of aromatic nitrogens is 1. The van der Waals surface area contributed by atoms with Gasteiger partial charge in [0.05, 0.1) is 25.1 Å². The van der Waals surface area contributed by atoms with Crippen LogP contribution in [0.1, 0.15) is 29.8 Å². The molecule has 0 saturated carbocycles. The van der Waals surface area contributed by atoms with Gasteiger partial charge in [0.25, 0.3) is 0 Å². The molecule has 110 valence electrons. The number of hydrogen-bond acceptors (Lipinski definition) is 5. The minimum Gasteiger partial charge on any atom is -0.495 e. The van der Waals surface area contributed by atoms with Gasteiger partial charge in [0, 0.05) is 17.3 Å². The molecule has 0 spiro atoms. The summed E-state index contributed by atoms with van der Waals surface area (Å²) in [6.45, 7) is 3.82. The first-order valence-corrected chi connectivity index (χ1v) is 6.61. The van der Waals surface area contributed by atoms with Gasteiger partial charge in [-0.2, -0.15) is 0 Å². The molecule has 0 aliphatic rings. The first-order valence-electron chi connectivity index (χ1n) is 6.61. The number of para-hydroxylation sites is 1. The molecule has 1 heterocycles. The van der Waals surface area contributed by atoms with Crippen molar-refractivity contribution in [1.29, 1.82) is 0 Å². The third kappa shape index (κ3) is 3.31. The molecule has 5 heteroatoms. The Morgan fingerprint density at radius 3 is 2.71 bits per heavy atom. The lowest BCUT2D eigenvalue weighted by atomic mass is 10.0. The predicted octanol–water partition coefficient (Wildman–Crippen LogP) is 2.69. The van der Waals surface area contributed by atoms with E-state index in [1.165, 1.54) is 13.3 Å². The van der Waals surface area contributed by atoms with E-state index in [4.69, 9.17) is 15.2 Å². The number of nitrogens with two attached hydrogens (primary N) is 1. The average Bonchev–Trinajstić information content (AvgIpc) is 2.46. The normalized spacial score (nSPS) is 10.5. The molecule has 0 aliphatic heterocycles. The Balaban J connectivity index is 2.36. The predicted molar refractivity (Wildman–Crippen MR) is 80.8 cm³/mol. The fraction of sp³-hybridized carbons (Fsp3) is 0.250. The van der Waals surface area contributed by atoms with Crippen LogP contribution in [0.4, 0.5) is 5.69 Å². The molecule has 2 aromatic rings. The van der Waals surface area contributed by atoms with E-state index in [1.54, 1.807) is 30.5 Å². The molecule has 0 atom stereocenters. The Kier molecular flexibility index (Phi) is 4.42. The quantitative estimate of drug-likeness (QED) is 0.675. The molecule has 0 radical (unpaired) electrons. The van der Waals surface area contributed by atoms with Crippen LogP contribution in [0.3, 0.4) is 0 Å². The standard InChI is InChI=1S/C16H18N2O3/c1-10(2)21-12-7-11(8-18-9-12)16(19)13-5-4-6-14(20-3)15(13)17/h4-10H,17H2,1-3H3. The van der Waals surface area contributed by atoms with E-state index in [2.05, 4.69) is 4.98 Å². The lowest BCUT2D eigenvalue weighted by molar-refractivity contribution is 0.103. The summed E-state index contributed by atoms with van der Waals surface area (Å²) in [5.41, 5.74) is 7.08. The number of pyridine rings is 1. The molecular weight excluding hydrogens is 268 g/mol. The number of methoxy groups -OCH3 is 1. The van der Waals surface area contributed by atoms with Crippen molar-refractivity contribution in [3.8, 4) is 11.5 Å². The van der Waals surface area contributed by atoms with Gasteiger partial charge in [0.2, 0.25) is 0 Å². The average molecular weight is 286 g/mol. The lowest BCUT2D eigenvalue weighted by Crippen LogP contribution is -2.09. The van der Waals surface area contributed by atoms with Gasteiger partial charge in [-0.15, -0.1) is 0 Å². The maximum atomic E-state index is 12.5. The summed E-state index contributed by atoms with van der Waals surface area (Å²) in [5, 5.41) is 0. The second kappa shape index (κ2) is 6.26. The van der Waals surface area contributed by atoms with Crippen LogP contribution in [0.25, 0.3) is 0 Å². The second-order valence-corrected chi connectivity index (χ2v) is 4.83. The van der Waals surface area contributed by atoms with Gasteiger partial charge in [0.15, 0.2) is 5.78 Å². The fourth-order valence-electron chi connectivity index (χ4n) is 1.96. The van der Waals surface area contributed by atoms with Gasteiger partial charge in [0.1, 0.15) is 11.5 Å². The van der Waals surface area contributed by atoms with Crippen molar-refractivity contribution in [3.05, 3.63) is 47.8 Å². The van der Waals surface area contributed by atoms with Crippen LogP contribution in [-0.2, 0) is 0 Å². The number of carbonyl (C=O) groups is 1. The molecule has 0 unspecified atom stereocenters. The van der Waals surface area contributed by atoms with Crippen LogP contribution in [0.2, 0.25) is 0 Å². The first-order chi connectivity index (χ1) is 10.0. The van der Waals surface area contributed by atoms with Crippen molar-refractivity contribution in [2.24, 2.45) is 0 Å². The van der Waals surface area contributed by atoms with Gasteiger partial charge in [-0.25, -0.2) is 0 Å². The highest BCUT2D eigenvalue weighted by Crippen LogP contribution is 2.27. The van der Waals surface area contributed by atoms with E-state index in [-0.39, 0.29) is 11.9 Å². The Bertz CT molecular complexity index is 654. The van der Waals surface area contributed by atoms with Crippen LogP contribution in [0.5, 0.6) is 11.5 Å². The Hall–Kier alpha value is -2.56. The van der Waals surface area contributed by atoms with Crippen LogP contribution >= 0.6 is 0 Å². The highest BCUT2D eigenvalue weighted by Gasteiger charge is 2.16. The Morgan fingerprint density at radius 2 is 2.05 bits per heavy atom. The molecular formula is C16H18N2O3. The summed E-state index contributed by atoms with van der Waals surface area (Å²) in [6.07, 6.45) is 3.08. The number of ether oxygens (including phenoxy) is 2. The van der Waals surface area contributed by atoms with Crippen molar-refractivity contribution in [2.75, 3.05) is 12.8 Å². The molecule has 0 aliphatic carbocycles. The SMILES string of the molecule is COc1cccc(C(=O)c2cncc(OC(C)C)c2)c1N. The molecule has 1 aromatic heterocycles. The molecule has 21 heavy (non-hydrogen) atoms. The van der Waals surface area contributed by atoms with Crippen molar-refractivity contribution < 1.29 is 14.3 Å². The Morgan fingerprint density at radius 1 is 1.29 bits per heavy atom. The first kappa shape index (κ1) is 14.8. The molecule has 2 N–H and O–H groups in total. The van der Waals surface area contributed by atoms with Crippen molar-refractivity contribution >= 4 is 11.5 Å². The van der Waals surface area contributed by atoms with E-state index in [0.717, 1.165) is 0 Å². The monoisotopic (exact) mass is 286 g/mol. The van der Waals surface area contributed by atoms with E-state index in [9.17, 15) is 4.79 Å². The number of carbonyl (C=O) groups excluding carboxylic acids is 1. The van der Waals surface area contributed by atoms with E-state index in [1.807, 2.05) is 13.8 Å². The third-order valence-electron chi connectivity index (χ3n) is 2.88. The van der Waals surface area contributed by atoms with E-state index >= 15 is 0 Å². The minimum atomic E-state index is -0.215. The number of benzene rings is 1. The van der Waals surface area contributed by atoms with E-state index in [0.29, 0.717) is 28.3 Å². The molecule has 0 fully saturated rings. The Labute approximate surface area is 123 Å². The zero-order chi connectivity index (χ0) is 15.4. The highest BCUT2D eigenvalue weighted by molar-refractivity contribution is 6.12. The number of anilines is 1. The number of nitrogens with zero attached hydrogens (tertiary/aromatic N) is 1. The lowest BCUT2D eigenvalue weighted by Gasteiger charge is -2.11. The number of rotatable bonds is 5. The summed E-state index contributed by atoms with van der Waals surface area (Å²) >= 11 is 0. The third-order valence-corrected chi connectivity index (χ3v) is 2.88. The fourth-order valence-corrected chi connectivity index (χ4v) is 1.96. The van der Waals surface area contributed by atoms with Crippen LogP contribution in [0, 0.1) is 0 Å². The number of nitrogen functional groups attached to an aromatic ring is 1. The van der Waals surface area contributed by atoms with Gasteiger partial charge in [-0.1, -0.05) is 6.07 Å². The molecule has 5 nitrogen and oxygen atoms in total. The smallest absolute Gasteiger partial charge is 0.196 e. The van der Waals surface area contributed by atoms with Crippen LogP contribution < -0.4 is 15.2 Å². The summed E-state index contributed by atoms with van der Waals surface area (Å²) in [5.74, 6) is 0.814. The summed E-state index contributed by atoms with van der Waals surface area (Å²) in [6, 6.07) is 6.76. The molecule has 2 rings (SSSR count). The zero-order valence-corrected chi connectivity index (χ0v) is 12.3. The van der Waals surface area contributed by atoms with Gasteiger partial charge in [-0.3, -0.25) is 9.78 Å². The van der Waals surface area contributed by atoms with Crippen molar-refractivity contribution in [2.45, 2.75) is 20.0 Å². The maximum Gasteiger partial charge on any atom is 0.196 e. The minimum absolute atomic E-state index is 0.0130. The van der Waals surface area contributed by atoms with Crippen molar-refractivity contribution in [1.82, 2.24) is 4.98 Å². The van der Waals surface area contributed by atoms with Gasteiger partial charge in [-0.05, 0) is 32.0 Å². The van der Waals surface area contributed by atoms with Gasteiger partial charge < -0.3 is 15.2 Å². The van der Waals surface area contributed by atoms with Crippen LogP contribution in [-0.4, -0.2) is 24.0 Å². The number of hydrogen-bond donors (Lipinski definition) is 1. The molecule has 1 aromatic carbocycles. The largest absolute Gasteiger partial charge is 0.495 e. The molecule has 0 saturated heterocycles. The maximum absolute atomic E-state index is 12.5.